The Morgan fingerprint density at radius 1 is 1.09 bits per heavy atom. The fraction of sp³-hybridized carbons (Fsp3) is 0.348. The number of para-hydroxylation sites is 1. The summed E-state index contributed by atoms with van der Waals surface area (Å²) in [6.07, 6.45) is 2.00. The Balaban J connectivity index is 1.75. The van der Waals surface area contributed by atoms with Gasteiger partial charge < -0.3 is 0 Å². The van der Waals surface area contributed by atoms with Gasteiger partial charge in [0.1, 0.15) is 0 Å². The zero-order valence-corrected chi connectivity index (χ0v) is 18.2. The van der Waals surface area contributed by atoms with Crippen molar-refractivity contribution in [2.24, 2.45) is 17.8 Å². The molecular formula is C23H22ClN3O5. The first-order chi connectivity index (χ1) is 15.3. The molecule has 3 atom stereocenters. The van der Waals surface area contributed by atoms with E-state index in [1.807, 2.05) is 6.92 Å². The van der Waals surface area contributed by atoms with E-state index in [1.165, 1.54) is 42.5 Å². The number of fused-ring (bicyclic) bond motifs is 1. The average Bonchev–Trinajstić information content (AvgIpc) is 3.01. The van der Waals surface area contributed by atoms with E-state index in [-0.39, 0.29) is 23.4 Å². The van der Waals surface area contributed by atoms with Crippen LogP contribution in [-0.4, -0.2) is 32.7 Å². The van der Waals surface area contributed by atoms with Crippen molar-refractivity contribution in [3.8, 4) is 0 Å². The third-order valence-corrected chi connectivity index (χ3v) is 6.49. The lowest BCUT2D eigenvalue weighted by molar-refractivity contribution is -0.385. The minimum absolute atomic E-state index is 0.188. The molecule has 0 spiro atoms. The molecular weight excluding hydrogens is 434 g/mol. The van der Waals surface area contributed by atoms with E-state index < -0.39 is 34.5 Å². The van der Waals surface area contributed by atoms with Gasteiger partial charge in [-0.15, -0.1) is 0 Å². The summed E-state index contributed by atoms with van der Waals surface area (Å²) in [6.45, 7) is 1.76. The maximum absolute atomic E-state index is 13.5. The summed E-state index contributed by atoms with van der Waals surface area (Å²) in [5.74, 6) is -2.08. The Bertz CT molecular complexity index is 1090. The lowest BCUT2D eigenvalue weighted by Crippen LogP contribution is -2.49. The second kappa shape index (κ2) is 8.70. The van der Waals surface area contributed by atoms with Gasteiger partial charge in [0.25, 0.3) is 23.4 Å². The predicted molar refractivity (Wildman–Crippen MR) is 116 cm³/mol. The van der Waals surface area contributed by atoms with Gasteiger partial charge in [-0.1, -0.05) is 36.7 Å². The van der Waals surface area contributed by atoms with Crippen LogP contribution in [0.1, 0.15) is 42.1 Å². The molecule has 1 heterocycles. The molecule has 8 nitrogen and oxygen atoms in total. The molecule has 3 amide bonds. The fourth-order valence-electron chi connectivity index (χ4n) is 4.57. The third kappa shape index (κ3) is 3.98. The highest BCUT2D eigenvalue weighted by molar-refractivity contribution is 6.30. The van der Waals surface area contributed by atoms with Gasteiger partial charge in [-0.25, -0.2) is 5.01 Å². The highest BCUT2D eigenvalue weighted by atomic mass is 35.5. The Morgan fingerprint density at radius 3 is 2.44 bits per heavy atom. The lowest BCUT2D eigenvalue weighted by Gasteiger charge is -2.30. The molecule has 0 aromatic heterocycles. The summed E-state index contributed by atoms with van der Waals surface area (Å²) in [4.78, 5) is 51.0. The molecule has 0 bridgehead atoms. The molecule has 2 aromatic rings. The lowest BCUT2D eigenvalue weighted by atomic mass is 9.76. The number of nitro groups is 1. The van der Waals surface area contributed by atoms with Crippen molar-refractivity contribution in [1.82, 2.24) is 10.0 Å². The predicted octanol–water partition coefficient (Wildman–Crippen LogP) is 4.23. The number of hydrogen-bond donors (Lipinski definition) is 0. The standard InChI is InChI=1S/C23H22ClN3O5/c1-14-6-11-18-19(12-14)23(30)26(22(18)29)25(21(28)15-7-9-17(24)10-8-15)13-16-4-2-3-5-20(16)27(31)32/h2-5,7-10,14,18-19H,6,11-13H2,1H3/t14-,18-,19-/m1/s1. The van der Waals surface area contributed by atoms with Crippen LogP contribution in [0.3, 0.4) is 0 Å². The number of nitrogens with zero attached hydrogens (tertiary/aromatic N) is 3. The van der Waals surface area contributed by atoms with E-state index in [1.54, 1.807) is 6.07 Å². The Hall–Kier alpha value is -3.26. The van der Waals surface area contributed by atoms with Crippen molar-refractivity contribution in [3.63, 3.8) is 0 Å². The van der Waals surface area contributed by atoms with Crippen LogP contribution >= 0.6 is 11.6 Å². The minimum atomic E-state index is -0.604. The zero-order valence-electron chi connectivity index (χ0n) is 17.4. The molecule has 1 aliphatic heterocycles. The van der Waals surface area contributed by atoms with Crippen molar-refractivity contribution in [3.05, 3.63) is 74.8 Å². The SMILES string of the molecule is C[C@@H]1CC[C@H]2C(=O)N(N(Cc3ccccc3[N+](=O)[O-])C(=O)c3ccc(Cl)cc3)C(=O)[C@@H]2C1. The minimum Gasteiger partial charge on any atom is -0.272 e. The second-order valence-electron chi connectivity index (χ2n) is 8.38. The first-order valence-electron chi connectivity index (χ1n) is 10.5. The van der Waals surface area contributed by atoms with E-state index in [0.29, 0.717) is 23.8 Å². The number of halogens is 1. The van der Waals surface area contributed by atoms with Crippen LogP contribution in [0.5, 0.6) is 0 Å². The monoisotopic (exact) mass is 455 g/mol. The number of benzene rings is 2. The van der Waals surface area contributed by atoms with E-state index in [2.05, 4.69) is 0 Å². The normalized spacial score (nSPS) is 22.6. The molecule has 2 aromatic carbocycles. The molecule has 32 heavy (non-hydrogen) atoms. The molecule has 9 heteroatoms. The van der Waals surface area contributed by atoms with Gasteiger partial charge in [0.05, 0.1) is 28.9 Å². The van der Waals surface area contributed by atoms with E-state index in [9.17, 15) is 24.5 Å². The third-order valence-electron chi connectivity index (χ3n) is 6.24. The first-order valence-corrected chi connectivity index (χ1v) is 10.8. The molecule has 0 unspecified atom stereocenters. The van der Waals surface area contributed by atoms with Crippen LogP contribution in [0.4, 0.5) is 5.69 Å². The van der Waals surface area contributed by atoms with E-state index in [4.69, 9.17) is 11.6 Å². The highest BCUT2D eigenvalue weighted by Crippen LogP contribution is 2.41. The van der Waals surface area contributed by atoms with Crippen molar-refractivity contribution in [1.29, 1.82) is 0 Å². The van der Waals surface area contributed by atoms with Crippen LogP contribution < -0.4 is 0 Å². The fourth-order valence-corrected chi connectivity index (χ4v) is 4.69. The van der Waals surface area contributed by atoms with Crippen LogP contribution in [0.2, 0.25) is 5.02 Å². The summed E-state index contributed by atoms with van der Waals surface area (Å²) in [5.41, 5.74) is 0.256. The quantitative estimate of drug-likeness (QED) is 0.381. The smallest absolute Gasteiger partial charge is 0.272 e. The van der Waals surface area contributed by atoms with E-state index >= 15 is 0 Å². The van der Waals surface area contributed by atoms with Gasteiger partial charge in [-0.2, -0.15) is 5.01 Å². The van der Waals surface area contributed by atoms with Crippen molar-refractivity contribution in [2.45, 2.75) is 32.7 Å². The van der Waals surface area contributed by atoms with Crippen LogP contribution in [0.15, 0.2) is 48.5 Å². The topological polar surface area (TPSA) is 101 Å². The molecule has 1 saturated heterocycles. The highest BCUT2D eigenvalue weighted by Gasteiger charge is 2.52. The average molecular weight is 456 g/mol. The number of hydrazine groups is 1. The Labute approximate surface area is 189 Å². The molecule has 166 valence electrons. The number of amides is 3. The number of rotatable bonds is 5. The van der Waals surface area contributed by atoms with Gasteiger partial charge in [0, 0.05) is 16.7 Å². The van der Waals surface area contributed by atoms with Gasteiger partial charge in [-0.3, -0.25) is 24.5 Å². The Kier molecular flexibility index (Phi) is 5.97. The van der Waals surface area contributed by atoms with Crippen LogP contribution in [0.25, 0.3) is 0 Å². The Morgan fingerprint density at radius 2 is 1.75 bits per heavy atom. The number of hydrogen-bond acceptors (Lipinski definition) is 5. The second-order valence-corrected chi connectivity index (χ2v) is 8.81. The van der Waals surface area contributed by atoms with E-state index in [0.717, 1.165) is 16.4 Å². The first kappa shape index (κ1) is 22.0. The molecule has 0 N–H and O–H groups in total. The summed E-state index contributed by atoms with van der Waals surface area (Å²) < 4.78 is 0. The molecule has 1 saturated carbocycles. The van der Waals surface area contributed by atoms with Crippen molar-refractivity contribution in [2.75, 3.05) is 0 Å². The number of carbonyl (C=O) groups is 3. The summed E-state index contributed by atoms with van der Waals surface area (Å²) in [7, 11) is 0. The molecule has 2 fully saturated rings. The van der Waals surface area contributed by atoms with Gasteiger partial charge in [-0.05, 0) is 49.4 Å². The van der Waals surface area contributed by atoms with Gasteiger partial charge in [0.15, 0.2) is 0 Å². The van der Waals surface area contributed by atoms with Crippen molar-refractivity contribution < 1.29 is 19.3 Å². The molecule has 2 aliphatic rings. The number of nitro benzene ring substituents is 1. The van der Waals surface area contributed by atoms with Gasteiger partial charge >= 0.3 is 0 Å². The maximum atomic E-state index is 13.5. The largest absolute Gasteiger partial charge is 0.274 e. The molecule has 4 rings (SSSR count). The number of carbonyl (C=O) groups excluding carboxylic acids is 3. The summed E-state index contributed by atoms with van der Waals surface area (Å²) in [5, 5.41) is 13.9. The molecule has 1 aliphatic carbocycles. The zero-order chi connectivity index (χ0) is 23.0. The van der Waals surface area contributed by atoms with Crippen molar-refractivity contribution >= 4 is 35.0 Å². The maximum Gasteiger partial charge on any atom is 0.274 e. The number of imide groups is 1. The van der Waals surface area contributed by atoms with Crippen LogP contribution in [-0.2, 0) is 16.1 Å². The summed E-state index contributed by atoms with van der Waals surface area (Å²) >= 11 is 5.93. The van der Waals surface area contributed by atoms with Crippen LogP contribution in [0, 0.1) is 27.9 Å². The van der Waals surface area contributed by atoms with Gasteiger partial charge in [0.2, 0.25) is 0 Å². The molecule has 0 radical (unpaired) electrons. The summed E-state index contributed by atoms with van der Waals surface area (Å²) in [6, 6.07) is 12.0.